The van der Waals surface area contributed by atoms with Crippen molar-refractivity contribution in [3.8, 4) is 17.2 Å². The molecule has 0 radical (unpaired) electrons. The Morgan fingerprint density at radius 3 is 2.35 bits per heavy atom. The lowest BCUT2D eigenvalue weighted by Gasteiger charge is -2.31. The average molecular weight is 453 g/mol. The Bertz CT molecular complexity index is 1210. The number of alkyl halides is 4. The Morgan fingerprint density at radius 1 is 1.03 bits per heavy atom. The first kappa shape index (κ1) is 20.9. The molecule has 0 unspecified atom stereocenters. The van der Waals surface area contributed by atoms with Crippen molar-refractivity contribution >= 4 is 23.1 Å². The van der Waals surface area contributed by atoms with Gasteiger partial charge in [-0.1, -0.05) is 18.2 Å². The number of halogens is 4. The van der Waals surface area contributed by atoms with Gasteiger partial charge in [0.05, 0.1) is 5.69 Å². The standard InChI is InChI=1S/C20H15F4N3O3S/c1-12-11-27(18(31-12)25-17(28)26(2)13-6-4-3-5-7-13)14-8-9-15-16(10-14)30-20(23,24)19(21,22)29-15/h3-11H,1-2H3/b25-18-. The Balaban J connectivity index is 1.72. The van der Waals surface area contributed by atoms with Crippen molar-refractivity contribution in [1.82, 2.24) is 4.57 Å². The maximum Gasteiger partial charge on any atom is 0.507 e. The lowest BCUT2D eigenvalue weighted by molar-refractivity contribution is -0.391. The molecule has 0 atom stereocenters. The topological polar surface area (TPSA) is 56.1 Å². The van der Waals surface area contributed by atoms with Crippen molar-refractivity contribution in [2.45, 2.75) is 19.1 Å². The summed E-state index contributed by atoms with van der Waals surface area (Å²) >= 11 is 1.20. The quantitative estimate of drug-likeness (QED) is 0.516. The van der Waals surface area contributed by atoms with E-state index in [1.807, 2.05) is 6.07 Å². The van der Waals surface area contributed by atoms with Crippen molar-refractivity contribution in [2.24, 2.45) is 4.99 Å². The summed E-state index contributed by atoms with van der Waals surface area (Å²) < 4.78 is 63.5. The van der Waals surface area contributed by atoms with Crippen LogP contribution in [0.2, 0.25) is 0 Å². The number of aromatic nitrogens is 1. The Morgan fingerprint density at radius 2 is 1.68 bits per heavy atom. The molecule has 1 aromatic heterocycles. The highest BCUT2D eigenvalue weighted by Crippen LogP contribution is 2.47. The molecule has 0 spiro atoms. The molecule has 2 aromatic carbocycles. The van der Waals surface area contributed by atoms with Crippen LogP contribution in [0.4, 0.5) is 28.0 Å². The van der Waals surface area contributed by atoms with E-state index in [0.717, 1.165) is 17.0 Å². The highest BCUT2D eigenvalue weighted by atomic mass is 32.1. The molecule has 0 saturated heterocycles. The van der Waals surface area contributed by atoms with Crippen molar-refractivity contribution in [3.05, 3.63) is 64.4 Å². The zero-order valence-corrected chi connectivity index (χ0v) is 17.0. The minimum Gasteiger partial charge on any atom is -0.421 e. The average Bonchev–Trinajstić information content (AvgIpc) is 3.08. The lowest BCUT2D eigenvalue weighted by Crippen LogP contribution is -2.52. The third-order valence-corrected chi connectivity index (χ3v) is 5.31. The molecule has 11 heteroatoms. The van der Waals surface area contributed by atoms with Gasteiger partial charge >= 0.3 is 18.2 Å². The second-order valence-electron chi connectivity index (χ2n) is 6.65. The Labute approximate surface area is 177 Å². The number of rotatable bonds is 2. The van der Waals surface area contributed by atoms with Gasteiger partial charge in [0.25, 0.3) is 0 Å². The van der Waals surface area contributed by atoms with Crippen molar-refractivity contribution in [3.63, 3.8) is 0 Å². The monoisotopic (exact) mass is 453 g/mol. The van der Waals surface area contributed by atoms with Crippen LogP contribution in [0.25, 0.3) is 5.69 Å². The second kappa shape index (κ2) is 7.41. The van der Waals surface area contributed by atoms with E-state index in [1.54, 1.807) is 44.4 Å². The number of benzene rings is 2. The van der Waals surface area contributed by atoms with Gasteiger partial charge in [0.2, 0.25) is 0 Å². The number of thiazole rings is 1. The number of aryl methyl sites for hydroxylation is 1. The van der Waals surface area contributed by atoms with Crippen LogP contribution in [0.15, 0.2) is 59.7 Å². The van der Waals surface area contributed by atoms with Crippen LogP contribution in [0, 0.1) is 6.92 Å². The number of carbonyl (C=O) groups excluding carboxylic acids is 1. The number of fused-ring (bicyclic) bond motifs is 1. The van der Waals surface area contributed by atoms with Crippen molar-refractivity contribution in [2.75, 3.05) is 11.9 Å². The number of hydrogen-bond acceptors (Lipinski definition) is 4. The molecule has 6 nitrogen and oxygen atoms in total. The Hall–Kier alpha value is -3.34. The summed E-state index contributed by atoms with van der Waals surface area (Å²) in [7, 11) is 1.57. The van der Waals surface area contributed by atoms with Gasteiger partial charge in [-0.25, -0.2) is 4.79 Å². The van der Waals surface area contributed by atoms with Crippen LogP contribution in [-0.2, 0) is 0 Å². The molecule has 3 aromatic rings. The number of carbonyl (C=O) groups is 1. The first-order valence-corrected chi connectivity index (χ1v) is 9.74. The minimum atomic E-state index is -4.82. The number of anilines is 1. The van der Waals surface area contributed by atoms with E-state index >= 15 is 0 Å². The predicted molar refractivity (Wildman–Crippen MR) is 105 cm³/mol. The SMILES string of the molecule is Cc1cn(-c2ccc3c(c2)OC(F)(F)C(F)(F)O3)/c(=N/C(=O)N(C)c2ccccc2)s1. The maximum atomic E-state index is 13.5. The first-order chi connectivity index (χ1) is 14.6. The summed E-state index contributed by atoms with van der Waals surface area (Å²) in [5, 5.41) is 0. The molecule has 0 N–H and O–H groups in total. The van der Waals surface area contributed by atoms with E-state index in [-0.39, 0.29) is 10.5 Å². The highest BCUT2D eigenvalue weighted by Gasteiger charge is 2.65. The fourth-order valence-corrected chi connectivity index (χ4v) is 3.67. The van der Waals surface area contributed by atoms with E-state index in [9.17, 15) is 22.4 Å². The summed E-state index contributed by atoms with van der Waals surface area (Å²) in [6.45, 7) is 1.78. The van der Waals surface area contributed by atoms with E-state index in [0.29, 0.717) is 5.69 Å². The molecule has 1 aliphatic heterocycles. The molecule has 0 bridgehead atoms. The van der Waals surface area contributed by atoms with Gasteiger partial charge in [0, 0.05) is 29.9 Å². The fraction of sp³-hybridized carbons (Fsp3) is 0.200. The molecule has 0 aliphatic carbocycles. The van der Waals surface area contributed by atoms with Crippen molar-refractivity contribution in [1.29, 1.82) is 0 Å². The summed E-state index contributed by atoms with van der Waals surface area (Å²) in [6.07, 6.45) is -7.98. The van der Waals surface area contributed by atoms with Crippen LogP contribution in [0.5, 0.6) is 11.5 Å². The number of urea groups is 1. The van der Waals surface area contributed by atoms with Crippen LogP contribution >= 0.6 is 11.3 Å². The molecular formula is C20H15F4N3O3S. The summed E-state index contributed by atoms with van der Waals surface area (Å²) in [5.41, 5.74) is 0.917. The van der Waals surface area contributed by atoms with Crippen LogP contribution in [0.1, 0.15) is 4.88 Å². The first-order valence-electron chi connectivity index (χ1n) is 8.92. The van der Waals surface area contributed by atoms with E-state index in [1.165, 1.54) is 26.9 Å². The van der Waals surface area contributed by atoms with Gasteiger partial charge in [0.15, 0.2) is 16.3 Å². The third kappa shape index (κ3) is 3.88. The van der Waals surface area contributed by atoms with Crippen LogP contribution < -0.4 is 19.2 Å². The van der Waals surface area contributed by atoms with Crippen molar-refractivity contribution < 1.29 is 31.8 Å². The zero-order chi connectivity index (χ0) is 22.4. The van der Waals surface area contributed by atoms with E-state index in [4.69, 9.17) is 0 Å². The summed E-state index contributed by atoms with van der Waals surface area (Å²) in [4.78, 5) is 19.1. The van der Waals surface area contributed by atoms with Crippen LogP contribution in [0.3, 0.4) is 0 Å². The minimum absolute atomic E-state index is 0.263. The van der Waals surface area contributed by atoms with Gasteiger partial charge in [0.1, 0.15) is 0 Å². The summed E-state index contributed by atoms with van der Waals surface area (Å²) in [5.74, 6) is -1.07. The maximum absolute atomic E-state index is 13.5. The van der Waals surface area contributed by atoms with Gasteiger partial charge in [-0.2, -0.15) is 22.6 Å². The largest absolute Gasteiger partial charge is 0.507 e. The highest BCUT2D eigenvalue weighted by molar-refractivity contribution is 7.09. The molecular weight excluding hydrogens is 438 g/mol. The lowest BCUT2D eigenvalue weighted by atomic mass is 10.2. The van der Waals surface area contributed by atoms with Gasteiger partial charge in [-0.05, 0) is 31.2 Å². The number of para-hydroxylation sites is 1. The fourth-order valence-electron chi connectivity index (χ4n) is 2.84. The number of ether oxygens (including phenoxy) is 2. The predicted octanol–water partition coefficient (Wildman–Crippen LogP) is 4.96. The number of nitrogens with zero attached hydrogens (tertiary/aromatic N) is 3. The second-order valence-corrected chi connectivity index (χ2v) is 7.87. The van der Waals surface area contributed by atoms with Gasteiger partial charge in [-0.15, -0.1) is 11.3 Å². The molecule has 4 rings (SSSR count). The van der Waals surface area contributed by atoms with Gasteiger partial charge in [-0.3, -0.25) is 9.47 Å². The van der Waals surface area contributed by atoms with Crippen LogP contribution in [-0.4, -0.2) is 29.9 Å². The molecule has 31 heavy (non-hydrogen) atoms. The summed E-state index contributed by atoms with van der Waals surface area (Å²) in [6, 6.07) is 11.9. The molecule has 2 heterocycles. The van der Waals surface area contributed by atoms with E-state index in [2.05, 4.69) is 14.5 Å². The number of hydrogen-bond donors (Lipinski definition) is 0. The molecule has 0 saturated carbocycles. The van der Waals surface area contributed by atoms with E-state index < -0.39 is 29.7 Å². The third-order valence-electron chi connectivity index (χ3n) is 4.41. The molecule has 162 valence electrons. The smallest absolute Gasteiger partial charge is 0.421 e. The Kier molecular flexibility index (Phi) is 5.00. The zero-order valence-electron chi connectivity index (χ0n) is 16.2. The normalized spacial score (nSPS) is 16.8. The molecule has 2 amide bonds. The number of amides is 2. The molecule has 0 fully saturated rings. The van der Waals surface area contributed by atoms with Gasteiger partial charge < -0.3 is 9.47 Å². The molecule has 1 aliphatic rings.